The first-order chi connectivity index (χ1) is 23.4. The van der Waals surface area contributed by atoms with Crippen LogP contribution in [0, 0.1) is 45.7 Å². The predicted octanol–water partition coefficient (Wildman–Crippen LogP) is 11.2. The van der Waals surface area contributed by atoms with E-state index < -0.39 is 0 Å². The smallest absolute Gasteiger partial charge is 0.509 e. The summed E-state index contributed by atoms with van der Waals surface area (Å²) in [4.78, 5) is 4.82. The van der Waals surface area contributed by atoms with Gasteiger partial charge in [-0.2, -0.15) is 11.2 Å². The quantitative estimate of drug-likeness (QED) is 0.150. The second-order valence-electron chi connectivity index (χ2n) is 14.8. The van der Waals surface area contributed by atoms with Crippen LogP contribution in [0.4, 0.5) is 0 Å². The van der Waals surface area contributed by atoms with E-state index >= 15 is 0 Å². The standard InChI is InChI=1S/C44H44N4O.Pt/c1-27(2)21-32-19-20-45-41(22-32)47-39-16-11-10-15-37(39)38-18-17-35(26-40(38)47)49-36-24-33(44(7,8)9)23-34(25-36)48-31(6)43(30(5)46-48)42-28(3)13-12-14-29(42)4;/h10-20,22-24,27H,21H2,1-9H3;/q-2;+2. The summed E-state index contributed by atoms with van der Waals surface area (Å²) < 4.78 is 10.9. The summed E-state index contributed by atoms with van der Waals surface area (Å²) in [5.74, 6) is 2.68. The van der Waals surface area contributed by atoms with Crippen molar-refractivity contribution in [3.8, 4) is 34.1 Å². The van der Waals surface area contributed by atoms with E-state index in [4.69, 9.17) is 14.8 Å². The van der Waals surface area contributed by atoms with E-state index in [1.165, 1.54) is 27.8 Å². The van der Waals surface area contributed by atoms with Gasteiger partial charge in [-0.15, -0.1) is 41.3 Å². The Morgan fingerprint density at radius 1 is 0.780 bits per heavy atom. The molecule has 0 fully saturated rings. The summed E-state index contributed by atoms with van der Waals surface area (Å²) in [6, 6.07) is 34.8. The van der Waals surface area contributed by atoms with Crippen molar-refractivity contribution in [1.29, 1.82) is 0 Å². The number of aryl methyl sites for hydroxylation is 3. The maximum absolute atomic E-state index is 6.66. The number of ether oxygens (including phenoxy) is 1. The molecule has 6 heteroatoms. The van der Waals surface area contributed by atoms with Crippen LogP contribution < -0.4 is 4.74 Å². The molecule has 0 bridgehead atoms. The second-order valence-corrected chi connectivity index (χ2v) is 14.8. The third kappa shape index (κ3) is 6.56. The number of fused-ring (bicyclic) bond motifs is 3. The number of rotatable bonds is 7. The zero-order chi connectivity index (χ0) is 34.6. The largest absolute Gasteiger partial charge is 2.00 e. The van der Waals surface area contributed by atoms with Gasteiger partial charge in [0, 0.05) is 34.5 Å². The summed E-state index contributed by atoms with van der Waals surface area (Å²) >= 11 is 0. The molecule has 0 aliphatic rings. The maximum atomic E-state index is 6.66. The fourth-order valence-corrected chi connectivity index (χ4v) is 7.05. The Kier molecular flexibility index (Phi) is 9.67. The van der Waals surface area contributed by atoms with Gasteiger partial charge in [0.25, 0.3) is 0 Å². The van der Waals surface area contributed by atoms with Crippen LogP contribution in [0.25, 0.3) is 44.4 Å². The van der Waals surface area contributed by atoms with Gasteiger partial charge >= 0.3 is 21.1 Å². The molecule has 0 amide bonds. The van der Waals surface area contributed by atoms with Crippen molar-refractivity contribution in [2.45, 2.75) is 74.1 Å². The Morgan fingerprint density at radius 3 is 2.24 bits per heavy atom. The van der Waals surface area contributed by atoms with E-state index in [0.29, 0.717) is 17.4 Å². The molecule has 256 valence electrons. The van der Waals surface area contributed by atoms with Gasteiger partial charge in [0.05, 0.1) is 5.69 Å². The van der Waals surface area contributed by atoms with Crippen molar-refractivity contribution < 1.29 is 25.8 Å². The summed E-state index contributed by atoms with van der Waals surface area (Å²) in [6.07, 6.45) is 2.90. The fourth-order valence-electron chi connectivity index (χ4n) is 7.05. The average molecular weight is 840 g/mol. The molecule has 0 aliphatic heterocycles. The Morgan fingerprint density at radius 2 is 1.52 bits per heavy atom. The zero-order valence-corrected chi connectivity index (χ0v) is 32.7. The van der Waals surface area contributed by atoms with Crippen LogP contribution in [-0.2, 0) is 32.9 Å². The third-order valence-corrected chi connectivity index (χ3v) is 9.41. The predicted molar refractivity (Wildman–Crippen MR) is 202 cm³/mol. The molecular formula is C44H44N4OPt. The molecule has 0 saturated carbocycles. The van der Waals surface area contributed by atoms with E-state index in [2.05, 4.69) is 152 Å². The third-order valence-electron chi connectivity index (χ3n) is 9.41. The first-order valence-electron chi connectivity index (χ1n) is 17.2. The number of nitrogens with zero attached hydrogens (tertiary/aromatic N) is 4. The Hall–Kier alpha value is -4.47. The van der Waals surface area contributed by atoms with E-state index in [9.17, 15) is 0 Å². The Bertz CT molecular complexity index is 2330. The van der Waals surface area contributed by atoms with Gasteiger partial charge in [-0.25, -0.2) is 4.98 Å². The number of aromatic nitrogens is 4. The number of hydrogen-bond donors (Lipinski definition) is 0. The van der Waals surface area contributed by atoms with Crippen LogP contribution in [0.3, 0.4) is 0 Å². The normalized spacial score (nSPS) is 11.8. The van der Waals surface area contributed by atoms with Gasteiger partial charge < -0.3 is 9.30 Å². The van der Waals surface area contributed by atoms with Gasteiger partial charge in [0.2, 0.25) is 0 Å². The van der Waals surface area contributed by atoms with Crippen LogP contribution in [0.1, 0.15) is 68.3 Å². The molecule has 0 unspecified atom stereocenters. The number of benzene rings is 4. The maximum Gasteiger partial charge on any atom is 2.00 e. The van der Waals surface area contributed by atoms with E-state index in [1.54, 1.807) is 0 Å². The number of para-hydroxylation sites is 1. The molecular weight excluding hydrogens is 796 g/mol. The first kappa shape index (κ1) is 35.4. The van der Waals surface area contributed by atoms with Crippen molar-refractivity contribution in [2.24, 2.45) is 5.92 Å². The van der Waals surface area contributed by atoms with Crippen molar-refractivity contribution in [3.05, 3.63) is 131 Å². The van der Waals surface area contributed by atoms with E-state index in [1.807, 2.05) is 16.9 Å². The van der Waals surface area contributed by atoms with Crippen molar-refractivity contribution in [2.75, 3.05) is 0 Å². The molecule has 0 saturated heterocycles. The van der Waals surface area contributed by atoms with E-state index in [0.717, 1.165) is 56.7 Å². The molecule has 0 radical (unpaired) electrons. The van der Waals surface area contributed by atoms with Crippen LogP contribution in [0.2, 0.25) is 0 Å². The van der Waals surface area contributed by atoms with Gasteiger partial charge in [-0.05, 0) is 97.0 Å². The second kappa shape index (κ2) is 13.7. The molecule has 0 atom stereocenters. The monoisotopic (exact) mass is 839 g/mol. The van der Waals surface area contributed by atoms with Crippen molar-refractivity contribution in [3.63, 3.8) is 0 Å². The van der Waals surface area contributed by atoms with Gasteiger partial charge in [0.1, 0.15) is 5.82 Å². The Labute approximate surface area is 310 Å². The minimum Gasteiger partial charge on any atom is -0.509 e. The zero-order valence-electron chi connectivity index (χ0n) is 30.4. The SMILES string of the molecule is Cc1cccc(C)c1-c1c(C)nn(-c2[c-]c(Oc3[c-]c4c(cc3)c3ccccc3n4-c3cc(CC(C)C)ccn3)cc(C(C)(C)C)c2)c1C.[Pt+2]. The molecule has 4 aromatic carbocycles. The number of pyridine rings is 1. The summed E-state index contributed by atoms with van der Waals surface area (Å²) in [6.45, 7) is 19.7. The van der Waals surface area contributed by atoms with Crippen LogP contribution in [-0.4, -0.2) is 19.3 Å². The van der Waals surface area contributed by atoms with Crippen molar-refractivity contribution >= 4 is 21.8 Å². The topological polar surface area (TPSA) is 44.9 Å². The summed E-state index contributed by atoms with van der Waals surface area (Å²) in [5, 5.41) is 7.32. The van der Waals surface area contributed by atoms with Crippen LogP contribution in [0.5, 0.6) is 11.5 Å². The molecule has 5 nitrogen and oxygen atoms in total. The summed E-state index contributed by atoms with van der Waals surface area (Å²) in [7, 11) is 0. The molecule has 7 rings (SSSR count). The minimum absolute atomic E-state index is 0. The molecule has 0 spiro atoms. The van der Waals surface area contributed by atoms with Gasteiger partial charge in [0.15, 0.2) is 0 Å². The first-order valence-corrected chi connectivity index (χ1v) is 17.2. The van der Waals surface area contributed by atoms with Gasteiger partial charge in [-0.3, -0.25) is 4.68 Å². The van der Waals surface area contributed by atoms with Crippen LogP contribution >= 0.6 is 0 Å². The van der Waals surface area contributed by atoms with Crippen LogP contribution in [0.15, 0.2) is 85.1 Å². The molecule has 3 aromatic heterocycles. The fraction of sp³-hybridized carbons (Fsp3) is 0.273. The molecule has 7 aromatic rings. The molecule has 50 heavy (non-hydrogen) atoms. The number of hydrogen-bond acceptors (Lipinski definition) is 3. The molecule has 0 N–H and O–H groups in total. The molecule has 0 aliphatic carbocycles. The Balaban J connectivity index is 0.00000432. The average Bonchev–Trinajstić information content (AvgIpc) is 3.53. The van der Waals surface area contributed by atoms with Gasteiger partial charge in [-0.1, -0.05) is 76.5 Å². The summed E-state index contributed by atoms with van der Waals surface area (Å²) in [5.41, 5.74) is 12.1. The van der Waals surface area contributed by atoms with E-state index in [-0.39, 0.29) is 26.5 Å². The minimum atomic E-state index is -0.125. The molecule has 3 heterocycles. The van der Waals surface area contributed by atoms with Crippen molar-refractivity contribution in [1.82, 2.24) is 19.3 Å².